The Bertz CT molecular complexity index is 1610. The number of aromatic nitrogens is 5. The van der Waals surface area contributed by atoms with Gasteiger partial charge in [0, 0.05) is 43.1 Å². The van der Waals surface area contributed by atoms with Crippen molar-refractivity contribution in [2.75, 3.05) is 26.8 Å². The molecule has 0 spiro atoms. The Kier molecular flexibility index (Phi) is 5.81. The van der Waals surface area contributed by atoms with Crippen molar-refractivity contribution in [1.82, 2.24) is 29.9 Å². The maximum absolute atomic E-state index is 12.8. The number of ether oxygens (including phenoxy) is 2. The van der Waals surface area contributed by atoms with E-state index in [9.17, 15) is 10.1 Å². The molecule has 4 aromatic rings. The first kappa shape index (κ1) is 23.9. The summed E-state index contributed by atoms with van der Waals surface area (Å²) >= 11 is 0. The van der Waals surface area contributed by atoms with Gasteiger partial charge < -0.3 is 14.4 Å². The van der Waals surface area contributed by atoms with Crippen molar-refractivity contribution in [2.45, 2.75) is 50.2 Å². The number of aromatic amines is 1. The van der Waals surface area contributed by atoms with Crippen LogP contribution in [0.2, 0.25) is 0 Å². The van der Waals surface area contributed by atoms with Gasteiger partial charge in [-0.1, -0.05) is 18.2 Å². The second-order valence-electron chi connectivity index (χ2n) is 10.5. The minimum atomic E-state index is -0.291. The highest BCUT2D eigenvalue weighted by Crippen LogP contribution is 2.42. The normalized spacial score (nSPS) is 22.4. The monoisotopic (exact) mass is 523 g/mol. The van der Waals surface area contributed by atoms with Crippen LogP contribution in [0.25, 0.3) is 33.5 Å². The highest BCUT2D eigenvalue weighted by molar-refractivity contribution is 5.93. The second-order valence-corrected chi connectivity index (χ2v) is 10.5. The van der Waals surface area contributed by atoms with Crippen molar-refractivity contribution in [3.63, 3.8) is 0 Å². The van der Waals surface area contributed by atoms with E-state index in [2.05, 4.69) is 27.4 Å². The lowest BCUT2D eigenvalue weighted by Gasteiger charge is -2.20. The topological polar surface area (TPSA) is 122 Å². The number of nitrogens with one attached hydrogen (secondary N) is 1. The number of benzene rings is 1. The van der Waals surface area contributed by atoms with E-state index in [-0.39, 0.29) is 24.0 Å². The molecular formula is C29H29N7O3. The predicted molar refractivity (Wildman–Crippen MR) is 143 cm³/mol. The molecule has 0 radical (unpaired) electrons. The predicted octanol–water partition coefficient (Wildman–Crippen LogP) is 4.00. The van der Waals surface area contributed by atoms with Gasteiger partial charge in [0.05, 0.1) is 36.9 Å². The molecule has 3 atom stereocenters. The highest BCUT2D eigenvalue weighted by atomic mass is 16.5. The number of amides is 1. The summed E-state index contributed by atoms with van der Waals surface area (Å²) in [7, 11) is 1.64. The van der Waals surface area contributed by atoms with Crippen LogP contribution in [0.5, 0.6) is 5.75 Å². The first-order chi connectivity index (χ1) is 19.1. The van der Waals surface area contributed by atoms with Crippen LogP contribution in [0.3, 0.4) is 0 Å². The fourth-order valence-electron chi connectivity index (χ4n) is 6.28. The molecule has 1 unspecified atom stereocenters. The number of H-pyrrole nitrogens is 1. The van der Waals surface area contributed by atoms with Gasteiger partial charge in [-0.05, 0) is 43.2 Å². The zero-order valence-corrected chi connectivity index (χ0v) is 21.8. The molecule has 1 aliphatic carbocycles. The van der Waals surface area contributed by atoms with Gasteiger partial charge in [-0.3, -0.25) is 14.6 Å². The Labute approximate surface area is 225 Å². The van der Waals surface area contributed by atoms with Crippen LogP contribution in [-0.4, -0.2) is 68.7 Å². The van der Waals surface area contributed by atoms with E-state index in [1.54, 1.807) is 7.11 Å². The molecule has 1 amide bonds. The number of fused-ring (bicyclic) bond motifs is 2. The van der Waals surface area contributed by atoms with Gasteiger partial charge in [-0.25, -0.2) is 4.98 Å². The van der Waals surface area contributed by atoms with Crippen LogP contribution in [0, 0.1) is 11.3 Å². The maximum Gasteiger partial charge on any atom is 0.251 e. The van der Waals surface area contributed by atoms with E-state index in [0.29, 0.717) is 31.1 Å². The Morgan fingerprint density at radius 2 is 2.18 bits per heavy atom. The van der Waals surface area contributed by atoms with Crippen molar-refractivity contribution < 1.29 is 14.3 Å². The van der Waals surface area contributed by atoms with Gasteiger partial charge >= 0.3 is 0 Å². The number of carbonyl (C=O) groups excluding carboxylic acids is 1. The molecule has 2 fully saturated rings. The van der Waals surface area contributed by atoms with Crippen LogP contribution in [-0.2, 0) is 16.0 Å². The average Bonchev–Trinajstić information content (AvgIpc) is 3.79. The molecule has 3 aliphatic rings. The van der Waals surface area contributed by atoms with Gasteiger partial charge in [-0.15, -0.1) is 0 Å². The number of carbonyl (C=O) groups is 1. The van der Waals surface area contributed by atoms with Crippen LogP contribution in [0.1, 0.15) is 48.8 Å². The zero-order chi connectivity index (χ0) is 26.5. The molecule has 1 aromatic carbocycles. The number of pyridine rings is 1. The van der Waals surface area contributed by atoms with E-state index in [4.69, 9.17) is 14.5 Å². The molecule has 2 saturated heterocycles. The van der Waals surface area contributed by atoms with Gasteiger partial charge in [0.25, 0.3) is 5.91 Å². The number of methoxy groups -OCH3 is 1. The number of nitrogens with zero attached hydrogens (tertiary/aromatic N) is 6. The molecule has 198 valence electrons. The first-order valence-corrected chi connectivity index (χ1v) is 13.5. The Hall–Kier alpha value is -4.23. The summed E-state index contributed by atoms with van der Waals surface area (Å²) in [6.45, 7) is 2.01. The molecular weight excluding hydrogens is 494 g/mol. The fraction of sp³-hybridized carbons (Fsp3) is 0.414. The standard InChI is InChI=1S/C29H29N7O3/c1-38-25-12-23-28(32-27(25)22-5-2-4-20-17(13-30)7-8-21(20)22)26(34-33-23)18-14-31-36(15-18)19-9-10-35(16-19)29(37)24-6-3-11-39-24/h2,4-5,12,14-15,17,19,24H,3,6-11,16H2,1H3,(H,33,34)/t17?,19-,24-/m0/s1. The maximum atomic E-state index is 12.8. The highest BCUT2D eigenvalue weighted by Gasteiger charge is 2.34. The lowest BCUT2D eigenvalue weighted by Crippen LogP contribution is -2.37. The SMILES string of the molecule is COc1cc2[nH]nc(-c3cnn([C@H]4CCN(C(=O)[C@@H]5CCCO5)C4)c3)c2nc1-c1cccc2c1CCC2C#N. The lowest BCUT2D eigenvalue weighted by molar-refractivity contribution is -0.139. The molecule has 5 heterocycles. The molecule has 39 heavy (non-hydrogen) atoms. The fourth-order valence-corrected chi connectivity index (χ4v) is 6.28. The van der Waals surface area contributed by atoms with Gasteiger partial charge in [0.15, 0.2) is 0 Å². The summed E-state index contributed by atoms with van der Waals surface area (Å²) in [5.41, 5.74) is 7.06. The number of nitriles is 1. The summed E-state index contributed by atoms with van der Waals surface area (Å²) in [5.74, 6) is 0.668. The van der Waals surface area contributed by atoms with Crippen LogP contribution >= 0.6 is 0 Å². The van der Waals surface area contributed by atoms with E-state index in [1.807, 2.05) is 40.2 Å². The van der Waals surface area contributed by atoms with Crippen LogP contribution in [0.15, 0.2) is 36.7 Å². The van der Waals surface area contributed by atoms with E-state index in [0.717, 1.165) is 71.1 Å². The second kappa shape index (κ2) is 9.50. The molecule has 0 bridgehead atoms. The molecule has 10 nitrogen and oxygen atoms in total. The molecule has 3 aromatic heterocycles. The molecule has 7 rings (SSSR count). The largest absolute Gasteiger partial charge is 0.494 e. The third kappa shape index (κ3) is 3.96. The minimum Gasteiger partial charge on any atom is -0.494 e. The van der Waals surface area contributed by atoms with Crippen LogP contribution in [0.4, 0.5) is 0 Å². The molecule has 10 heteroatoms. The lowest BCUT2D eigenvalue weighted by atomic mass is 9.97. The van der Waals surface area contributed by atoms with Crippen LogP contribution < -0.4 is 4.74 Å². The summed E-state index contributed by atoms with van der Waals surface area (Å²) in [6.07, 6.45) is 7.77. The Balaban J connectivity index is 1.20. The summed E-state index contributed by atoms with van der Waals surface area (Å²) < 4.78 is 13.3. The number of likely N-dealkylation sites (tertiary alicyclic amines) is 1. The quantitative estimate of drug-likeness (QED) is 0.419. The third-order valence-corrected chi connectivity index (χ3v) is 8.33. The molecule has 2 aliphatic heterocycles. The van der Waals surface area contributed by atoms with Crippen molar-refractivity contribution in [3.8, 4) is 34.3 Å². The summed E-state index contributed by atoms with van der Waals surface area (Å²) in [5, 5.41) is 21.9. The smallest absolute Gasteiger partial charge is 0.251 e. The third-order valence-electron chi connectivity index (χ3n) is 8.33. The van der Waals surface area contributed by atoms with E-state index < -0.39 is 0 Å². The van der Waals surface area contributed by atoms with Gasteiger partial charge in [-0.2, -0.15) is 15.5 Å². The number of hydrogen-bond donors (Lipinski definition) is 1. The number of hydrogen-bond acceptors (Lipinski definition) is 7. The van der Waals surface area contributed by atoms with Crippen molar-refractivity contribution in [1.29, 1.82) is 5.26 Å². The van der Waals surface area contributed by atoms with Gasteiger partial charge in [0.1, 0.15) is 28.8 Å². The molecule has 0 saturated carbocycles. The van der Waals surface area contributed by atoms with Gasteiger partial charge in [0.2, 0.25) is 0 Å². The minimum absolute atomic E-state index is 0.0857. The van der Waals surface area contributed by atoms with Crippen molar-refractivity contribution >= 4 is 16.9 Å². The zero-order valence-electron chi connectivity index (χ0n) is 21.8. The molecule has 1 N–H and O–H groups in total. The average molecular weight is 524 g/mol. The first-order valence-electron chi connectivity index (χ1n) is 13.5. The summed E-state index contributed by atoms with van der Waals surface area (Å²) in [6, 6.07) is 10.6. The van der Waals surface area contributed by atoms with Crippen molar-refractivity contribution in [2.24, 2.45) is 0 Å². The summed E-state index contributed by atoms with van der Waals surface area (Å²) in [4.78, 5) is 19.8. The number of rotatable bonds is 5. The van der Waals surface area contributed by atoms with Crippen molar-refractivity contribution in [3.05, 3.63) is 47.8 Å². The Morgan fingerprint density at radius 1 is 1.26 bits per heavy atom. The van der Waals surface area contributed by atoms with E-state index in [1.165, 1.54) is 0 Å². The Morgan fingerprint density at radius 3 is 3.00 bits per heavy atom. The van der Waals surface area contributed by atoms with E-state index >= 15 is 0 Å².